The predicted octanol–water partition coefficient (Wildman–Crippen LogP) is 4.71. The predicted molar refractivity (Wildman–Crippen MR) is 117 cm³/mol. The summed E-state index contributed by atoms with van der Waals surface area (Å²) in [5.74, 6) is -0.239. The van der Waals surface area contributed by atoms with Crippen molar-refractivity contribution in [1.29, 1.82) is 0 Å². The first-order valence-electron chi connectivity index (χ1n) is 9.46. The van der Waals surface area contributed by atoms with Crippen LogP contribution in [-0.2, 0) is 6.54 Å². The molecule has 2 aromatic heterocycles. The van der Waals surface area contributed by atoms with Gasteiger partial charge < -0.3 is 9.88 Å². The highest BCUT2D eigenvalue weighted by molar-refractivity contribution is 6.30. The number of nitrogens with one attached hydrogen (secondary N) is 1. The van der Waals surface area contributed by atoms with Gasteiger partial charge in [0.25, 0.3) is 11.5 Å². The van der Waals surface area contributed by atoms with E-state index in [0.717, 1.165) is 21.9 Å². The second-order valence-electron chi connectivity index (χ2n) is 6.95. The number of aromatic nitrogens is 2. The number of carbonyl (C=O) groups excluding carboxylic acids is 1. The van der Waals surface area contributed by atoms with Crippen LogP contribution in [0.2, 0.25) is 5.02 Å². The molecule has 0 aliphatic heterocycles. The summed E-state index contributed by atoms with van der Waals surface area (Å²) in [7, 11) is 0. The van der Waals surface area contributed by atoms with E-state index < -0.39 is 0 Å². The van der Waals surface area contributed by atoms with Crippen LogP contribution in [0.5, 0.6) is 0 Å². The number of pyridine rings is 2. The fourth-order valence-corrected chi connectivity index (χ4v) is 3.83. The molecule has 4 aromatic rings. The van der Waals surface area contributed by atoms with Gasteiger partial charge in [-0.3, -0.25) is 14.6 Å². The number of carbonyl (C=O) groups is 1. The Morgan fingerprint density at radius 2 is 1.97 bits per heavy atom. The molecule has 2 aromatic carbocycles. The summed E-state index contributed by atoms with van der Waals surface area (Å²) in [5.41, 5.74) is 2.03. The van der Waals surface area contributed by atoms with Gasteiger partial charge in [0.1, 0.15) is 0 Å². The molecule has 0 saturated heterocycles. The molecule has 1 atom stereocenters. The van der Waals surface area contributed by atoms with Gasteiger partial charge in [0.15, 0.2) is 0 Å². The van der Waals surface area contributed by atoms with E-state index in [0.29, 0.717) is 22.5 Å². The number of hydrogen-bond acceptors (Lipinski definition) is 3. The van der Waals surface area contributed by atoms with Crippen molar-refractivity contribution in [3.8, 4) is 0 Å². The van der Waals surface area contributed by atoms with E-state index in [1.165, 1.54) is 0 Å². The lowest BCUT2D eigenvalue weighted by Gasteiger charge is -2.15. The molecule has 0 bridgehead atoms. The number of fused-ring (bicyclic) bond motifs is 3. The average Bonchev–Trinajstić information content (AvgIpc) is 2.74. The molecule has 0 aliphatic rings. The molecule has 0 radical (unpaired) electrons. The van der Waals surface area contributed by atoms with E-state index in [1.54, 1.807) is 35.2 Å². The van der Waals surface area contributed by atoms with Crippen molar-refractivity contribution in [2.75, 3.05) is 0 Å². The minimum Gasteiger partial charge on any atom is -0.346 e. The molecule has 1 N–H and O–H groups in total. The van der Waals surface area contributed by atoms with Gasteiger partial charge in [0, 0.05) is 34.1 Å². The summed E-state index contributed by atoms with van der Waals surface area (Å²) in [4.78, 5) is 30.0. The van der Waals surface area contributed by atoms with Gasteiger partial charge in [-0.15, -0.1) is 0 Å². The molecule has 0 spiro atoms. The molecule has 0 fully saturated rings. The second kappa shape index (κ2) is 7.68. The maximum Gasteiger partial charge on any atom is 0.258 e. The number of benzene rings is 2. The van der Waals surface area contributed by atoms with Gasteiger partial charge in [-0.05, 0) is 55.1 Å². The second-order valence-corrected chi connectivity index (χ2v) is 7.39. The fourth-order valence-electron chi connectivity index (χ4n) is 3.63. The van der Waals surface area contributed by atoms with Crippen LogP contribution in [0.25, 0.3) is 21.7 Å². The van der Waals surface area contributed by atoms with Crippen molar-refractivity contribution in [3.63, 3.8) is 0 Å². The first-order valence-corrected chi connectivity index (χ1v) is 9.84. The van der Waals surface area contributed by atoms with Crippen LogP contribution in [0.15, 0.2) is 65.7 Å². The van der Waals surface area contributed by atoms with E-state index in [2.05, 4.69) is 10.3 Å². The van der Waals surface area contributed by atoms with Crippen molar-refractivity contribution >= 4 is 39.2 Å². The van der Waals surface area contributed by atoms with Crippen LogP contribution in [0.1, 0.15) is 35.8 Å². The number of amides is 1. The Morgan fingerprint density at radius 3 is 2.72 bits per heavy atom. The Labute approximate surface area is 173 Å². The van der Waals surface area contributed by atoms with Crippen LogP contribution in [-0.4, -0.2) is 15.5 Å². The molecule has 2 heterocycles. The molecule has 29 heavy (non-hydrogen) atoms. The third-order valence-electron chi connectivity index (χ3n) is 5.15. The van der Waals surface area contributed by atoms with E-state index >= 15 is 0 Å². The number of nitrogens with zero attached hydrogens (tertiary/aromatic N) is 2. The van der Waals surface area contributed by atoms with Gasteiger partial charge in [0.2, 0.25) is 0 Å². The minimum atomic E-state index is -0.239. The Hall–Kier alpha value is -3.18. The standard InChI is InChI=1S/C23H20ClN3O2/c1-3-27-21-13-25-10-9-19(21)18-8-7-16(12-20(18)23(27)29)22(28)26-14(2)15-5-4-6-17(24)11-15/h4-14H,3H2,1-2H3,(H,26,28)/t14-/m0/s1. The molecule has 0 aliphatic carbocycles. The van der Waals surface area contributed by atoms with E-state index in [9.17, 15) is 9.59 Å². The summed E-state index contributed by atoms with van der Waals surface area (Å²) < 4.78 is 1.68. The van der Waals surface area contributed by atoms with E-state index in [1.807, 2.05) is 44.2 Å². The molecule has 4 rings (SSSR count). The summed E-state index contributed by atoms with van der Waals surface area (Å²) in [6.07, 6.45) is 3.41. The molecule has 6 heteroatoms. The average molecular weight is 406 g/mol. The maximum absolute atomic E-state index is 13.0. The number of halogens is 1. The van der Waals surface area contributed by atoms with Gasteiger partial charge >= 0.3 is 0 Å². The summed E-state index contributed by atoms with van der Waals surface area (Å²) in [5, 5.41) is 5.87. The lowest BCUT2D eigenvalue weighted by atomic mass is 10.0. The topological polar surface area (TPSA) is 64.0 Å². The lowest BCUT2D eigenvalue weighted by molar-refractivity contribution is 0.0940. The Balaban J connectivity index is 1.75. The third-order valence-corrected chi connectivity index (χ3v) is 5.39. The van der Waals surface area contributed by atoms with Gasteiger partial charge in [0.05, 0.1) is 17.8 Å². The smallest absolute Gasteiger partial charge is 0.258 e. The van der Waals surface area contributed by atoms with Crippen LogP contribution in [0.4, 0.5) is 0 Å². The van der Waals surface area contributed by atoms with Crippen LogP contribution < -0.4 is 10.9 Å². The Bertz CT molecular complexity index is 1300. The van der Waals surface area contributed by atoms with Gasteiger partial charge in [-0.1, -0.05) is 29.8 Å². The van der Waals surface area contributed by atoms with Gasteiger partial charge in [-0.25, -0.2) is 0 Å². The summed E-state index contributed by atoms with van der Waals surface area (Å²) in [6.45, 7) is 4.34. The fraction of sp³-hybridized carbons (Fsp3) is 0.174. The molecule has 146 valence electrons. The number of rotatable bonds is 4. The Kier molecular flexibility index (Phi) is 5.07. The van der Waals surface area contributed by atoms with Crippen LogP contribution in [0.3, 0.4) is 0 Å². The van der Waals surface area contributed by atoms with Crippen molar-refractivity contribution in [3.05, 3.63) is 87.4 Å². The quantitative estimate of drug-likeness (QED) is 0.500. The van der Waals surface area contributed by atoms with E-state index in [-0.39, 0.29) is 17.5 Å². The van der Waals surface area contributed by atoms with Crippen molar-refractivity contribution < 1.29 is 4.79 Å². The largest absolute Gasteiger partial charge is 0.346 e. The minimum absolute atomic E-state index is 0.125. The Morgan fingerprint density at radius 1 is 1.14 bits per heavy atom. The SMILES string of the molecule is CCn1c(=O)c2cc(C(=O)N[C@@H](C)c3cccc(Cl)c3)ccc2c2ccncc21. The summed E-state index contributed by atoms with van der Waals surface area (Å²) >= 11 is 6.05. The molecular formula is C23H20ClN3O2. The van der Waals surface area contributed by atoms with E-state index in [4.69, 9.17) is 11.6 Å². The molecule has 5 nitrogen and oxygen atoms in total. The highest BCUT2D eigenvalue weighted by Gasteiger charge is 2.15. The van der Waals surface area contributed by atoms with Gasteiger partial charge in [-0.2, -0.15) is 0 Å². The highest BCUT2D eigenvalue weighted by Crippen LogP contribution is 2.24. The van der Waals surface area contributed by atoms with Crippen molar-refractivity contribution in [2.45, 2.75) is 26.4 Å². The van der Waals surface area contributed by atoms with Crippen molar-refractivity contribution in [1.82, 2.24) is 14.9 Å². The highest BCUT2D eigenvalue weighted by atomic mass is 35.5. The molecule has 1 amide bonds. The zero-order valence-corrected chi connectivity index (χ0v) is 16.9. The summed E-state index contributed by atoms with van der Waals surface area (Å²) in [6, 6.07) is 14.3. The number of aryl methyl sites for hydroxylation is 1. The lowest BCUT2D eigenvalue weighted by Crippen LogP contribution is -2.27. The molecule has 0 unspecified atom stereocenters. The van der Waals surface area contributed by atoms with Crippen molar-refractivity contribution in [2.24, 2.45) is 0 Å². The first-order chi connectivity index (χ1) is 14.0. The maximum atomic E-state index is 13.0. The monoisotopic (exact) mass is 405 g/mol. The zero-order chi connectivity index (χ0) is 20.5. The first kappa shape index (κ1) is 19.2. The normalized spacial score (nSPS) is 12.2. The number of hydrogen-bond donors (Lipinski definition) is 1. The molecular weight excluding hydrogens is 386 g/mol. The third kappa shape index (κ3) is 3.49. The van der Waals surface area contributed by atoms with Crippen LogP contribution >= 0.6 is 11.6 Å². The zero-order valence-electron chi connectivity index (χ0n) is 16.1. The molecule has 0 saturated carbocycles. The van der Waals surface area contributed by atoms with Crippen LogP contribution in [0, 0.1) is 0 Å².